The molecule has 0 aliphatic heterocycles. The summed E-state index contributed by atoms with van der Waals surface area (Å²) in [6, 6.07) is 2.18. The molecule has 0 bridgehead atoms. The summed E-state index contributed by atoms with van der Waals surface area (Å²) in [4.78, 5) is 0. The maximum absolute atomic E-state index is 12.0. The third kappa shape index (κ3) is 6.43. The first-order valence-corrected chi connectivity index (χ1v) is 6.99. The van der Waals surface area contributed by atoms with Gasteiger partial charge in [0.25, 0.3) is 0 Å². The Hall–Kier alpha value is -1.01. The third-order valence-electron chi connectivity index (χ3n) is 2.90. The quantitative estimate of drug-likeness (QED) is 0.748. The fourth-order valence-corrected chi connectivity index (χ4v) is 2.01. The van der Waals surface area contributed by atoms with Crippen molar-refractivity contribution < 1.29 is 17.9 Å². The Morgan fingerprint density at radius 3 is 2.65 bits per heavy atom. The van der Waals surface area contributed by atoms with Crippen LogP contribution in [0.2, 0.25) is 0 Å². The summed E-state index contributed by atoms with van der Waals surface area (Å²) in [5, 5.41) is 3.45. The predicted octanol–water partition coefficient (Wildman–Crippen LogP) is 3.87. The van der Waals surface area contributed by atoms with Gasteiger partial charge in [0.15, 0.2) is 0 Å². The molecule has 1 atom stereocenters. The summed E-state index contributed by atoms with van der Waals surface area (Å²) in [6.07, 6.45) is 2.44. The van der Waals surface area contributed by atoms with Gasteiger partial charge in [-0.15, -0.1) is 0 Å². The summed E-state index contributed by atoms with van der Waals surface area (Å²) in [5.41, 5.74) is 1.09. The van der Waals surface area contributed by atoms with E-state index in [1.165, 1.54) is 0 Å². The van der Waals surface area contributed by atoms with Gasteiger partial charge in [-0.25, -0.2) is 0 Å². The second-order valence-electron chi connectivity index (χ2n) is 4.85. The van der Waals surface area contributed by atoms with E-state index in [0.717, 1.165) is 31.4 Å². The molecule has 0 amide bonds. The van der Waals surface area contributed by atoms with Crippen molar-refractivity contribution in [3.05, 3.63) is 24.0 Å². The van der Waals surface area contributed by atoms with E-state index in [4.69, 9.17) is 0 Å². The van der Waals surface area contributed by atoms with E-state index in [2.05, 4.69) is 23.9 Å². The largest absolute Gasteiger partial charge is 0.411 e. The highest BCUT2D eigenvalue weighted by atomic mass is 19.4. The van der Waals surface area contributed by atoms with Gasteiger partial charge in [-0.1, -0.05) is 20.3 Å². The van der Waals surface area contributed by atoms with Crippen molar-refractivity contribution in [1.29, 1.82) is 0 Å². The topological polar surface area (TPSA) is 26.2 Å². The highest BCUT2D eigenvalue weighted by molar-refractivity contribution is 5.15. The van der Waals surface area contributed by atoms with E-state index in [9.17, 15) is 13.2 Å². The average molecular weight is 292 g/mol. The molecule has 1 heterocycles. The summed E-state index contributed by atoms with van der Waals surface area (Å²) < 4.78 is 42.2. The SMILES string of the molecule is CCCNC(CCC)c1ccn(COCC(F)(F)F)c1. The van der Waals surface area contributed by atoms with Crippen LogP contribution in [0.15, 0.2) is 18.5 Å². The Bertz CT molecular complexity index is 377. The van der Waals surface area contributed by atoms with Crippen molar-refractivity contribution in [3.8, 4) is 0 Å². The van der Waals surface area contributed by atoms with Crippen LogP contribution >= 0.6 is 0 Å². The fraction of sp³-hybridized carbons (Fsp3) is 0.714. The van der Waals surface area contributed by atoms with Crippen LogP contribution in [0.25, 0.3) is 0 Å². The third-order valence-corrected chi connectivity index (χ3v) is 2.90. The van der Waals surface area contributed by atoms with Crippen LogP contribution in [-0.4, -0.2) is 23.9 Å². The van der Waals surface area contributed by atoms with Crippen LogP contribution in [0.1, 0.15) is 44.7 Å². The van der Waals surface area contributed by atoms with E-state index >= 15 is 0 Å². The highest BCUT2D eigenvalue weighted by Crippen LogP contribution is 2.19. The summed E-state index contributed by atoms with van der Waals surface area (Å²) in [6.45, 7) is 3.86. The normalized spacial score (nSPS) is 13.7. The first-order chi connectivity index (χ1) is 9.46. The lowest BCUT2D eigenvalue weighted by Crippen LogP contribution is -2.21. The van der Waals surface area contributed by atoms with E-state index in [1.807, 2.05) is 12.3 Å². The number of nitrogens with one attached hydrogen (secondary N) is 1. The van der Waals surface area contributed by atoms with Gasteiger partial charge in [-0.3, -0.25) is 0 Å². The Morgan fingerprint density at radius 1 is 1.30 bits per heavy atom. The van der Waals surface area contributed by atoms with Gasteiger partial charge in [-0.2, -0.15) is 13.2 Å². The number of nitrogens with zero attached hydrogens (tertiary/aromatic N) is 1. The number of hydrogen-bond acceptors (Lipinski definition) is 2. The van der Waals surface area contributed by atoms with Crippen LogP contribution in [0.5, 0.6) is 0 Å². The van der Waals surface area contributed by atoms with Gasteiger partial charge in [-0.05, 0) is 31.0 Å². The molecule has 1 aromatic heterocycles. The second kappa shape index (κ2) is 8.32. The van der Waals surface area contributed by atoms with E-state index < -0.39 is 12.8 Å². The number of rotatable bonds is 9. The molecular formula is C14H23F3N2O. The van der Waals surface area contributed by atoms with Crippen molar-refractivity contribution in [1.82, 2.24) is 9.88 Å². The van der Waals surface area contributed by atoms with Crippen LogP contribution in [0.4, 0.5) is 13.2 Å². The van der Waals surface area contributed by atoms with Gasteiger partial charge in [0.05, 0.1) is 0 Å². The first kappa shape index (κ1) is 17.0. The summed E-state index contributed by atoms with van der Waals surface area (Å²) in [5.74, 6) is 0. The molecule has 0 spiro atoms. The molecule has 0 aromatic carbocycles. The van der Waals surface area contributed by atoms with Gasteiger partial charge < -0.3 is 14.6 Å². The van der Waals surface area contributed by atoms with E-state index in [0.29, 0.717) is 0 Å². The van der Waals surface area contributed by atoms with Crippen LogP contribution in [-0.2, 0) is 11.5 Å². The zero-order chi connectivity index (χ0) is 15.0. The highest BCUT2D eigenvalue weighted by Gasteiger charge is 2.27. The fourth-order valence-electron chi connectivity index (χ4n) is 2.01. The molecule has 116 valence electrons. The molecule has 20 heavy (non-hydrogen) atoms. The standard InChI is InChI=1S/C14H23F3N2O/c1-3-5-13(18-7-4-2)12-6-8-19(9-12)11-20-10-14(15,16)17/h6,8-9,13,18H,3-5,7,10-11H2,1-2H3. The van der Waals surface area contributed by atoms with Crippen LogP contribution < -0.4 is 5.32 Å². The number of halogens is 3. The molecule has 1 N–H and O–H groups in total. The zero-order valence-electron chi connectivity index (χ0n) is 12.0. The lowest BCUT2D eigenvalue weighted by molar-refractivity contribution is -0.181. The number of ether oxygens (including phenoxy) is 1. The number of aromatic nitrogens is 1. The van der Waals surface area contributed by atoms with Crippen molar-refractivity contribution in [2.45, 2.75) is 52.1 Å². The van der Waals surface area contributed by atoms with Crippen molar-refractivity contribution in [3.63, 3.8) is 0 Å². The molecule has 0 fully saturated rings. The van der Waals surface area contributed by atoms with E-state index in [-0.39, 0.29) is 12.8 Å². The predicted molar refractivity (Wildman–Crippen MR) is 72.4 cm³/mol. The Morgan fingerprint density at radius 2 is 2.05 bits per heavy atom. The van der Waals surface area contributed by atoms with Crippen LogP contribution in [0.3, 0.4) is 0 Å². The average Bonchev–Trinajstić information content (AvgIpc) is 2.81. The first-order valence-electron chi connectivity index (χ1n) is 6.99. The second-order valence-corrected chi connectivity index (χ2v) is 4.85. The van der Waals surface area contributed by atoms with E-state index in [1.54, 1.807) is 10.8 Å². The van der Waals surface area contributed by atoms with Gasteiger partial charge >= 0.3 is 6.18 Å². The molecule has 0 radical (unpaired) electrons. The van der Waals surface area contributed by atoms with Crippen molar-refractivity contribution >= 4 is 0 Å². The maximum atomic E-state index is 12.0. The summed E-state index contributed by atoms with van der Waals surface area (Å²) >= 11 is 0. The molecule has 1 unspecified atom stereocenters. The Balaban J connectivity index is 2.50. The molecule has 3 nitrogen and oxygen atoms in total. The van der Waals surface area contributed by atoms with Gasteiger partial charge in [0, 0.05) is 18.4 Å². The molecule has 1 rings (SSSR count). The minimum absolute atomic E-state index is 0.0772. The lowest BCUT2D eigenvalue weighted by Gasteiger charge is -2.16. The minimum atomic E-state index is -4.27. The molecule has 0 aliphatic rings. The molecule has 6 heteroatoms. The molecular weight excluding hydrogens is 269 g/mol. The minimum Gasteiger partial charge on any atom is -0.351 e. The molecule has 0 aliphatic carbocycles. The smallest absolute Gasteiger partial charge is 0.351 e. The number of hydrogen-bond donors (Lipinski definition) is 1. The van der Waals surface area contributed by atoms with Crippen LogP contribution in [0, 0.1) is 0 Å². The number of alkyl halides is 3. The molecule has 0 saturated carbocycles. The van der Waals surface area contributed by atoms with Gasteiger partial charge in [0.2, 0.25) is 0 Å². The lowest BCUT2D eigenvalue weighted by atomic mass is 10.1. The van der Waals surface area contributed by atoms with Crippen molar-refractivity contribution in [2.75, 3.05) is 13.2 Å². The Labute approximate surface area is 118 Å². The maximum Gasteiger partial charge on any atom is 0.411 e. The van der Waals surface area contributed by atoms with Crippen molar-refractivity contribution in [2.24, 2.45) is 0 Å². The Kier molecular flexibility index (Phi) is 7.09. The molecule has 1 aromatic rings. The molecule has 0 saturated heterocycles. The monoisotopic (exact) mass is 292 g/mol. The van der Waals surface area contributed by atoms with Gasteiger partial charge in [0.1, 0.15) is 13.3 Å². The zero-order valence-corrected chi connectivity index (χ0v) is 12.0. The summed E-state index contributed by atoms with van der Waals surface area (Å²) in [7, 11) is 0.